The van der Waals surface area contributed by atoms with E-state index < -0.39 is 0 Å². The third kappa shape index (κ3) is 6.02. The molecule has 0 bridgehead atoms. The number of aliphatic imine (C=N–C) groups is 1. The fourth-order valence-electron chi connectivity index (χ4n) is 9.08. The molecule has 9 aromatic carbocycles. The van der Waals surface area contributed by atoms with Crippen LogP contribution in [0.15, 0.2) is 199 Å². The topological polar surface area (TPSA) is 38.4 Å². The zero-order valence-electron chi connectivity index (χ0n) is 32.2. The van der Waals surface area contributed by atoms with Crippen LogP contribution in [0.4, 0.5) is 0 Å². The van der Waals surface area contributed by atoms with Crippen LogP contribution in [-0.4, -0.2) is 5.71 Å². The van der Waals surface area contributed by atoms with Gasteiger partial charge in [0.25, 0.3) is 0 Å². The summed E-state index contributed by atoms with van der Waals surface area (Å²) in [6.07, 6.45) is 2.05. The SMILES string of the molecule is CC1(C)c2ccc3ccccc3c2-c2cccc(-c3ccc(-c4ccc(/C(N)=C/C(=NCc5ccccc5)c5ccc6ccccc6c5)c5ccccc45)cc3)c21. The van der Waals surface area contributed by atoms with Crippen LogP contribution in [-0.2, 0) is 12.0 Å². The highest BCUT2D eigenvalue weighted by Crippen LogP contribution is 2.54. The summed E-state index contributed by atoms with van der Waals surface area (Å²) in [5, 5.41) is 7.26. The van der Waals surface area contributed by atoms with Gasteiger partial charge in [0, 0.05) is 22.2 Å². The van der Waals surface area contributed by atoms with Gasteiger partial charge in [-0.3, -0.25) is 4.99 Å². The van der Waals surface area contributed by atoms with Crippen molar-refractivity contribution in [2.24, 2.45) is 10.7 Å². The summed E-state index contributed by atoms with van der Waals surface area (Å²) in [4.78, 5) is 5.13. The smallest absolute Gasteiger partial charge is 0.0671 e. The van der Waals surface area contributed by atoms with Crippen LogP contribution in [0.5, 0.6) is 0 Å². The second kappa shape index (κ2) is 13.9. The molecular weight excluding hydrogens is 689 g/mol. The van der Waals surface area contributed by atoms with Gasteiger partial charge >= 0.3 is 0 Å². The van der Waals surface area contributed by atoms with Gasteiger partial charge in [0.2, 0.25) is 0 Å². The molecule has 1 aliphatic rings. The molecule has 0 aromatic heterocycles. The third-order valence-electron chi connectivity index (χ3n) is 11.9. The summed E-state index contributed by atoms with van der Waals surface area (Å²) in [5.74, 6) is 0. The minimum atomic E-state index is -0.121. The predicted molar refractivity (Wildman–Crippen MR) is 243 cm³/mol. The quantitative estimate of drug-likeness (QED) is 0.163. The molecule has 0 saturated heterocycles. The van der Waals surface area contributed by atoms with E-state index >= 15 is 0 Å². The van der Waals surface area contributed by atoms with Gasteiger partial charge in [0.05, 0.1) is 12.3 Å². The zero-order valence-corrected chi connectivity index (χ0v) is 32.2. The highest BCUT2D eigenvalue weighted by atomic mass is 14.7. The van der Waals surface area contributed by atoms with E-state index in [-0.39, 0.29) is 5.41 Å². The molecule has 0 radical (unpaired) electrons. The molecule has 0 spiro atoms. The number of allylic oxidation sites excluding steroid dienone is 1. The van der Waals surface area contributed by atoms with Gasteiger partial charge in [-0.05, 0) is 94.5 Å². The lowest BCUT2D eigenvalue weighted by atomic mass is 9.78. The molecule has 2 N–H and O–H groups in total. The Morgan fingerprint density at radius 2 is 1.16 bits per heavy atom. The Morgan fingerprint density at radius 1 is 0.526 bits per heavy atom. The van der Waals surface area contributed by atoms with E-state index in [2.05, 4.69) is 196 Å². The normalized spacial score (nSPS) is 13.6. The van der Waals surface area contributed by atoms with E-state index in [0.717, 1.165) is 33.2 Å². The third-order valence-corrected chi connectivity index (χ3v) is 11.9. The van der Waals surface area contributed by atoms with Crippen molar-refractivity contribution in [1.82, 2.24) is 0 Å². The first-order chi connectivity index (χ1) is 27.9. The number of fused-ring (bicyclic) bond motifs is 7. The lowest BCUT2D eigenvalue weighted by Gasteiger charge is -2.24. The second-order valence-electron chi connectivity index (χ2n) is 15.7. The Kier molecular flexibility index (Phi) is 8.42. The van der Waals surface area contributed by atoms with Crippen molar-refractivity contribution in [3.05, 3.63) is 222 Å². The van der Waals surface area contributed by atoms with Crippen molar-refractivity contribution in [2.45, 2.75) is 25.8 Å². The number of benzene rings is 9. The van der Waals surface area contributed by atoms with E-state index in [1.807, 2.05) is 12.1 Å². The van der Waals surface area contributed by atoms with Gasteiger partial charge in [-0.1, -0.05) is 196 Å². The summed E-state index contributed by atoms with van der Waals surface area (Å²) >= 11 is 0. The maximum atomic E-state index is 7.06. The lowest BCUT2D eigenvalue weighted by molar-refractivity contribution is 0.662. The van der Waals surface area contributed by atoms with E-state index in [1.165, 1.54) is 66.1 Å². The Morgan fingerprint density at radius 3 is 1.95 bits per heavy atom. The maximum absolute atomic E-state index is 7.06. The molecule has 1 aliphatic carbocycles. The van der Waals surface area contributed by atoms with Gasteiger partial charge in [-0.15, -0.1) is 0 Å². The summed E-state index contributed by atoms with van der Waals surface area (Å²) in [5.41, 5.74) is 22.1. The van der Waals surface area contributed by atoms with Gasteiger partial charge in [0.15, 0.2) is 0 Å². The molecule has 10 rings (SSSR count). The van der Waals surface area contributed by atoms with E-state index in [4.69, 9.17) is 10.7 Å². The largest absolute Gasteiger partial charge is 0.398 e. The summed E-state index contributed by atoms with van der Waals surface area (Å²) in [6.45, 7) is 5.31. The van der Waals surface area contributed by atoms with Crippen molar-refractivity contribution in [3.8, 4) is 33.4 Å². The molecule has 0 unspecified atom stereocenters. The van der Waals surface area contributed by atoms with Crippen molar-refractivity contribution < 1.29 is 0 Å². The molecule has 9 aromatic rings. The summed E-state index contributed by atoms with van der Waals surface area (Å²) in [7, 11) is 0. The van der Waals surface area contributed by atoms with Crippen LogP contribution in [0.25, 0.3) is 71.4 Å². The molecule has 0 heterocycles. The van der Waals surface area contributed by atoms with Crippen LogP contribution in [0.1, 0.15) is 41.7 Å². The van der Waals surface area contributed by atoms with Crippen molar-refractivity contribution >= 4 is 43.7 Å². The predicted octanol–water partition coefficient (Wildman–Crippen LogP) is 13.8. The number of rotatable bonds is 7. The van der Waals surface area contributed by atoms with Crippen LogP contribution < -0.4 is 5.73 Å². The van der Waals surface area contributed by atoms with Crippen LogP contribution in [0.3, 0.4) is 0 Å². The molecule has 0 saturated carbocycles. The van der Waals surface area contributed by atoms with Crippen molar-refractivity contribution in [3.63, 3.8) is 0 Å². The van der Waals surface area contributed by atoms with Gasteiger partial charge in [-0.25, -0.2) is 0 Å². The standard InChI is InChI=1S/C55H42N2/c1-55(2)50-32-29-38-16-8-9-18-44(38)53(50)49-22-12-21-45(54(49)55)40-26-24-39(25-27-40)43-30-31-48(47-20-11-10-19-46(43)47)51(56)34-52(57-35-36-13-4-3-5-14-36)42-28-23-37-15-6-7-17-41(37)33-42/h3-34H,35,56H2,1-2H3/b51-34-,57-52?. The highest BCUT2D eigenvalue weighted by Gasteiger charge is 2.38. The first kappa shape index (κ1) is 34.5. The number of nitrogens with zero attached hydrogens (tertiary/aromatic N) is 1. The number of nitrogens with two attached hydrogens (primary N) is 1. The second-order valence-corrected chi connectivity index (χ2v) is 15.7. The fraction of sp³-hybridized carbons (Fsp3) is 0.0727. The van der Waals surface area contributed by atoms with E-state index in [0.29, 0.717) is 12.2 Å². The summed E-state index contributed by atoms with van der Waals surface area (Å²) in [6, 6.07) is 67.6. The molecular formula is C55H42N2. The Balaban J connectivity index is 1.02. The molecule has 0 aliphatic heterocycles. The molecule has 0 amide bonds. The average molecular weight is 731 g/mol. The van der Waals surface area contributed by atoms with Crippen LogP contribution in [0.2, 0.25) is 0 Å². The lowest BCUT2D eigenvalue weighted by Crippen LogP contribution is -2.16. The molecule has 272 valence electrons. The number of hydrogen-bond donors (Lipinski definition) is 1. The van der Waals surface area contributed by atoms with E-state index in [1.54, 1.807) is 0 Å². The molecule has 0 atom stereocenters. The van der Waals surface area contributed by atoms with Gasteiger partial charge in [-0.2, -0.15) is 0 Å². The summed E-state index contributed by atoms with van der Waals surface area (Å²) < 4.78 is 0. The van der Waals surface area contributed by atoms with Crippen molar-refractivity contribution in [1.29, 1.82) is 0 Å². The number of hydrogen-bond acceptors (Lipinski definition) is 2. The average Bonchev–Trinajstić information content (AvgIpc) is 3.51. The first-order valence-corrected chi connectivity index (χ1v) is 19.8. The molecule has 2 heteroatoms. The molecule has 57 heavy (non-hydrogen) atoms. The maximum Gasteiger partial charge on any atom is 0.0671 e. The Labute approximate surface area is 334 Å². The molecule has 2 nitrogen and oxygen atoms in total. The Hall–Kier alpha value is -7.03. The Bertz CT molecular complexity index is 3060. The van der Waals surface area contributed by atoms with Crippen LogP contribution in [0, 0.1) is 0 Å². The first-order valence-electron chi connectivity index (χ1n) is 19.8. The van der Waals surface area contributed by atoms with Gasteiger partial charge in [0.1, 0.15) is 0 Å². The van der Waals surface area contributed by atoms with E-state index in [9.17, 15) is 0 Å². The minimum absolute atomic E-state index is 0.121. The molecule has 0 fully saturated rings. The minimum Gasteiger partial charge on any atom is -0.398 e. The fourth-order valence-corrected chi connectivity index (χ4v) is 9.08. The van der Waals surface area contributed by atoms with Crippen LogP contribution >= 0.6 is 0 Å². The highest BCUT2D eigenvalue weighted by molar-refractivity contribution is 6.15. The zero-order chi connectivity index (χ0) is 38.5. The van der Waals surface area contributed by atoms with Gasteiger partial charge < -0.3 is 5.73 Å². The van der Waals surface area contributed by atoms with Crippen molar-refractivity contribution in [2.75, 3.05) is 0 Å². The monoisotopic (exact) mass is 730 g/mol.